The Morgan fingerprint density at radius 2 is 1.95 bits per heavy atom. The van der Waals surface area contributed by atoms with Gasteiger partial charge in [0, 0.05) is 23.7 Å². The smallest absolute Gasteiger partial charge is 0.121 e. The lowest BCUT2D eigenvalue weighted by Crippen LogP contribution is -2.13. The van der Waals surface area contributed by atoms with Gasteiger partial charge in [0.15, 0.2) is 0 Å². The second-order valence-corrected chi connectivity index (χ2v) is 4.60. The Kier molecular flexibility index (Phi) is 4.66. The number of hydrogen-bond acceptors (Lipinski definition) is 3. The van der Waals surface area contributed by atoms with Crippen LogP contribution in [0, 0.1) is 0 Å². The molecule has 0 aliphatic carbocycles. The van der Waals surface area contributed by atoms with Crippen molar-refractivity contribution in [2.24, 2.45) is 0 Å². The highest BCUT2D eigenvalue weighted by molar-refractivity contribution is 6.31. The van der Waals surface area contributed by atoms with Gasteiger partial charge < -0.3 is 15.2 Å². The molecular formula is C15H16ClNO2. The highest BCUT2D eigenvalue weighted by atomic mass is 35.5. The average Bonchev–Trinajstić information content (AvgIpc) is 2.42. The Hall–Kier alpha value is -1.71. The summed E-state index contributed by atoms with van der Waals surface area (Å²) in [7, 11) is 1.65. The molecule has 2 aromatic rings. The van der Waals surface area contributed by atoms with Crippen LogP contribution in [0.25, 0.3) is 0 Å². The van der Waals surface area contributed by atoms with Crippen molar-refractivity contribution >= 4 is 11.6 Å². The molecule has 0 aliphatic rings. The monoisotopic (exact) mass is 277 g/mol. The van der Waals surface area contributed by atoms with Crippen molar-refractivity contribution < 1.29 is 9.84 Å². The van der Waals surface area contributed by atoms with Crippen molar-refractivity contribution in [3.8, 4) is 11.5 Å². The van der Waals surface area contributed by atoms with E-state index in [1.165, 1.54) is 0 Å². The fraction of sp³-hybridized carbons (Fsp3) is 0.200. The van der Waals surface area contributed by atoms with Crippen LogP contribution in [0.4, 0.5) is 0 Å². The first-order valence-electron chi connectivity index (χ1n) is 6.00. The zero-order chi connectivity index (χ0) is 13.7. The van der Waals surface area contributed by atoms with Crippen LogP contribution < -0.4 is 10.1 Å². The van der Waals surface area contributed by atoms with E-state index in [0.29, 0.717) is 23.7 Å². The molecule has 2 rings (SSSR count). The van der Waals surface area contributed by atoms with Gasteiger partial charge in [0.2, 0.25) is 0 Å². The number of methoxy groups -OCH3 is 1. The number of benzene rings is 2. The normalized spacial score (nSPS) is 10.4. The molecule has 0 atom stereocenters. The highest BCUT2D eigenvalue weighted by Crippen LogP contribution is 2.24. The van der Waals surface area contributed by atoms with Crippen LogP contribution >= 0.6 is 11.6 Å². The molecule has 2 N–H and O–H groups in total. The van der Waals surface area contributed by atoms with E-state index in [9.17, 15) is 5.11 Å². The van der Waals surface area contributed by atoms with Gasteiger partial charge in [-0.3, -0.25) is 0 Å². The standard InChI is InChI=1S/C15H16ClNO2/c1-19-12-5-2-4-11(8-12)9-17-10-13-14(16)6-3-7-15(13)18/h2-8,17-18H,9-10H2,1H3. The molecule has 0 saturated heterocycles. The fourth-order valence-electron chi connectivity index (χ4n) is 1.84. The average molecular weight is 278 g/mol. The Bertz CT molecular complexity index is 537. The predicted octanol–water partition coefficient (Wildman–Crippen LogP) is 3.34. The van der Waals surface area contributed by atoms with E-state index in [1.54, 1.807) is 25.3 Å². The molecule has 0 heterocycles. The van der Waals surface area contributed by atoms with Crippen molar-refractivity contribution in [2.75, 3.05) is 7.11 Å². The lowest BCUT2D eigenvalue weighted by Gasteiger charge is -2.09. The van der Waals surface area contributed by atoms with E-state index in [4.69, 9.17) is 16.3 Å². The molecular weight excluding hydrogens is 262 g/mol. The summed E-state index contributed by atoms with van der Waals surface area (Å²) in [6, 6.07) is 13.0. The minimum Gasteiger partial charge on any atom is -0.508 e. The quantitative estimate of drug-likeness (QED) is 0.881. The minimum atomic E-state index is 0.214. The first kappa shape index (κ1) is 13.7. The lowest BCUT2D eigenvalue weighted by atomic mass is 10.2. The number of halogens is 1. The highest BCUT2D eigenvalue weighted by Gasteiger charge is 2.05. The third kappa shape index (κ3) is 3.63. The second kappa shape index (κ2) is 6.45. The van der Waals surface area contributed by atoms with Crippen molar-refractivity contribution in [3.63, 3.8) is 0 Å². The summed E-state index contributed by atoms with van der Waals surface area (Å²) in [6.07, 6.45) is 0. The van der Waals surface area contributed by atoms with Crippen molar-refractivity contribution in [2.45, 2.75) is 13.1 Å². The Morgan fingerprint density at radius 3 is 2.68 bits per heavy atom. The summed E-state index contributed by atoms with van der Waals surface area (Å²) in [5.41, 5.74) is 1.83. The Morgan fingerprint density at radius 1 is 1.16 bits per heavy atom. The van der Waals surface area contributed by atoms with Gasteiger partial charge in [-0.15, -0.1) is 0 Å². The number of phenols is 1. The lowest BCUT2D eigenvalue weighted by molar-refractivity contribution is 0.414. The van der Waals surface area contributed by atoms with Crippen LogP contribution in [-0.4, -0.2) is 12.2 Å². The molecule has 4 heteroatoms. The summed E-state index contributed by atoms with van der Waals surface area (Å²) in [6.45, 7) is 1.20. The van der Waals surface area contributed by atoms with Crippen LogP contribution in [0.1, 0.15) is 11.1 Å². The predicted molar refractivity (Wildman–Crippen MR) is 76.7 cm³/mol. The van der Waals surface area contributed by atoms with E-state index in [1.807, 2.05) is 24.3 Å². The van der Waals surface area contributed by atoms with Crippen molar-refractivity contribution in [3.05, 3.63) is 58.6 Å². The zero-order valence-electron chi connectivity index (χ0n) is 10.7. The molecule has 3 nitrogen and oxygen atoms in total. The molecule has 100 valence electrons. The number of aromatic hydroxyl groups is 1. The maximum Gasteiger partial charge on any atom is 0.121 e. The molecule has 0 bridgehead atoms. The van der Waals surface area contributed by atoms with E-state index in [-0.39, 0.29) is 5.75 Å². The maximum atomic E-state index is 9.73. The Balaban J connectivity index is 1.96. The van der Waals surface area contributed by atoms with Gasteiger partial charge >= 0.3 is 0 Å². The van der Waals surface area contributed by atoms with Gasteiger partial charge in [-0.05, 0) is 29.8 Å². The SMILES string of the molecule is COc1cccc(CNCc2c(O)cccc2Cl)c1. The first-order valence-corrected chi connectivity index (χ1v) is 6.38. The zero-order valence-corrected chi connectivity index (χ0v) is 11.4. The minimum absolute atomic E-state index is 0.214. The second-order valence-electron chi connectivity index (χ2n) is 4.19. The van der Waals surface area contributed by atoms with Crippen LogP contribution in [0.5, 0.6) is 11.5 Å². The summed E-state index contributed by atoms with van der Waals surface area (Å²) in [4.78, 5) is 0. The third-order valence-corrected chi connectivity index (χ3v) is 3.21. The van der Waals surface area contributed by atoms with Gasteiger partial charge in [0.25, 0.3) is 0 Å². The molecule has 0 aliphatic heterocycles. The van der Waals surface area contributed by atoms with Gasteiger partial charge in [0.1, 0.15) is 11.5 Å². The number of hydrogen-bond donors (Lipinski definition) is 2. The van der Waals surface area contributed by atoms with Gasteiger partial charge in [-0.2, -0.15) is 0 Å². The summed E-state index contributed by atoms with van der Waals surface area (Å²) >= 11 is 6.04. The maximum absolute atomic E-state index is 9.73. The van der Waals surface area contributed by atoms with E-state index >= 15 is 0 Å². The van der Waals surface area contributed by atoms with Gasteiger partial charge in [-0.1, -0.05) is 29.8 Å². The summed E-state index contributed by atoms with van der Waals surface area (Å²) in [5.74, 6) is 1.05. The molecule has 0 unspecified atom stereocenters. The molecule has 0 amide bonds. The van der Waals surface area contributed by atoms with Crippen LogP contribution in [-0.2, 0) is 13.1 Å². The molecule has 0 saturated carbocycles. The number of nitrogens with one attached hydrogen (secondary N) is 1. The number of ether oxygens (including phenoxy) is 1. The van der Waals surface area contributed by atoms with Gasteiger partial charge in [0.05, 0.1) is 7.11 Å². The molecule has 0 fully saturated rings. The molecule has 0 spiro atoms. The van der Waals surface area contributed by atoms with E-state index in [2.05, 4.69) is 5.32 Å². The van der Waals surface area contributed by atoms with Crippen LogP contribution in [0.3, 0.4) is 0 Å². The van der Waals surface area contributed by atoms with E-state index in [0.717, 1.165) is 11.3 Å². The van der Waals surface area contributed by atoms with Crippen molar-refractivity contribution in [1.82, 2.24) is 5.32 Å². The summed E-state index contributed by atoms with van der Waals surface area (Å²) < 4.78 is 5.17. The first-order chi connectivity index (χ1) is 9.20. The van der Waals surface area contributed by atoms with Crippen molar-refractivity contribution in [1.29, 1.82) is 0 Å². The fourth-order valence-corrected chi connectivity index (χ4v) is 2.07. The topological polar surface area (TPSA) is 41.5 Å². The van der Waals surface area contributed by atoms with Gasteiger partial charge in [-0.25, -0.2) is 0 Å². The molecule has 0 aromatic heterocycles. The summed E-state index contributed by atoms with van der Waals surface area (Å²) in [5, 5.41) is 13.5. The number of phenolic OH excluding ortho intramolecular Hbond substituents is 1. The van der Waals surface area contributed by atoms with E-state index < -0.39 is 0 Å². The molecule has 2 aromatic carbocycles. The number of rotatable bonds is 5. The third-order valence-electron chi connectivity index (χ3n) is 2.86. The molecule has 0 radical (unpaired) electrons. The largest absolute Gasteiger partial charge is 0.508 e. The van der Waals surface area contributed by atoms with Crippen LogP contribution in [0.2, 0.25) is 5.02 Å². The van der Waals surface area contributed by atoms with Crippen LogP contribution in [0.15, 0.2) is 42.5 Å². The molecule has 19 heavy (non-hydrogen) atoms. The Labute approximate surface area is 117 Å².